The zero-order valence-electron chi connectivity index (χ0n) is 20.4. The highest BCUT2D eigenvalue weighted by atomic mass is 79.9. The van der Waals surface area contributed by atoms with E-state index in [4.69, 9.17) is 19.6 Å². The lowest BCUT2D eigenvalue weighted by atomic mass is 9.82. The molecule has 8 heteroatoms. The number of nitrogens with zero attached hydrogens (tertiary/aromatic N) is 1. The van der Waals surface area contributed by atoms with Crippen molar-refractivity contribution in [2.45, 2.75) is 43.4 Å². The number of ether oxygens (including phenoxy) is 2. The molecule has 0 saturated heterocycles. The van der Waals surface area contributed by atoms with Gasteiger partial charge in [-0.15, -0.1) is 0 Å². The number of amides is 1. The van der Waals surface area contributed by atoms with E-state index >= 15 is 0 Å². The van der Waals surface area contributed by atoms with Crippen LogP contribution >= 0.6 is 15.9 Å². The Kier molecular flexibility index (Phi) is 7.88. The first-order valence-corrected chi connectivity index (χ1v) is 13.3. The number of halogens is 1. The summed E-state index contributed by atoms with van der Waals surface area (Å²) < 4.78 is 13.1. The van der Waals surface area contributed by atoms with E-state index in [-0.39, 0.29) is 12.5 Å². The first kappa shape index (κ1) is 25.4. The molecule has 0 spiro atoms. The minimum absolute atomic E-state index is 0.0847. The van der Waals surface area contributed by atoms with Gasteiger partial charge in [0, 0.05) is 35.5 Å². The fraction of sp³-hybridized carbons (Fsp3) is 0.310. The first-order valence-electron chi connectivity index (χ1n) is 12.5. The maximum absolute atomic E-state index is 13.9. The molecule has 1 fully saturated rings. The lowest BCUT2D eigenvalue weighted by molar-refractivity contribution is -0.130. The zero-order chi connectivity index (χ0) is 25.7. The Hall–Kier alpha value is -3.20. The molecule has 1 saturated carbocycles. The SMILES string of the molecule is O=C(NNC1CC1)[C@@]1(Cc2ccccc2)N=C(c2ccc(OCCCO)cc2)O[C@H]1c1ccc(Br)cc1. The van der Waals surface area contributed by atoms with Gasteiger partial charge in [-0.1, -0.05) is 58.4 Å². The average molecular weight is 564 g/mol. The first-order chi connectivity index (χ1) is 18.1. The van der Waals surface area contributed by atoms with Gasteiger partial charge in [0.25, 0.3) is 5.91 Å². The Morgan fingerprint density at radius 2 is 1.78 bits per heavy atom. The fourth-order valence-corrected chi connectivity index (χ4v) is 4.59. The normalized spacial score (nSPS) is 20.7. The summed E-state index contributed by atoms with van der Waals surface area (Å²) in [5, 5.41) is 8.99. The van der Waals surface area contributed by atoms with Gasteiger partial charge in [-0.3, -0.25) is 10.2 Å². The molecule has 3 aromatic carbocycles. The summed E-state index contributed by atoms with van der Waals surface area (Å²) >= 11 is 3.51. The maximum Gasteiger partial charge on any atom is 0.266 e. The number of nitrogens with one attached hydrogen (secondary N) is 2. The van der Waals surface area contributed by atoms with Gasteiger partial charge in [-0.05, 0) is 60.4 Å². The summed E-state index contributed by atoms with van der Waals surface area (Å²) in [6.07, 6.45) is 2.40. The van der Waals surface area contributed by atoms with Crippen molar-refractivity contribution in [3.63, 3.8) is 0 Å². The van der Waals surface area contributed by atoms with Crippen molar-refractivity contribution in [1.82, 2.24) is 10.9 Å². The average Bonchev–Trinajstić information content (AvgIpc) is 3.68. The van der Waals surface area contributed by atoms with Gasteiger partial charge < -0.3 is 14.6 Å². The molecule has 1 aliphatic carbocycles. The Morgan fingerprint density at radius 3 is 2.46 bits per heavy atom. The van der Waals surface area contributed by atoms with Crippen molar-refractivity contribution in [3.05, 3.63) is 100 Å². The van der Waals surface area contributed by atoms with Crippen molar-refractivity contribution in [3.8, 4) is 5.75 Å². The Morgan fingerprint density at radius 1 is 1.05 bits per heavy atom. The molecule has 1 aliphatic heterocycles. The summed E-state index contributed by atoms with van der Waals surface area (Å²) in [5.74, 6) is 0.879. The molecule has 0 bridgehead atoms. The second kappa shape index (κ2) is 11.5. The van der Waals surface area contributed by atoms with Crippen LogP contribution in [0.25, 0.3) is 0 Å². The number of hydrogen-bond donors (Lipinski definition) is 3. The number of hydrazine groups is 1. The monoisotopic (exact) mass is 563 g/mol. The largest absolute Gasteiger partial charge is 0.494 e. The third-order valence-corrected chi connectivity index (χ3v) is 7.01. The smallest absolute Gasteiger partial charge is 0.266 e. The molecule has 192 valence electrons. The fourth-order valence-electron chi connectivity index (χ4n) is 4.33. The van der Waals surface area contributed by atoms with E-state index in [1.165, 1.54) is 0 Å². The third kappa shape index (κ3) is 6.04. The van der Waals surface area contributed by atoms with Gasteiger partial charge in [0.2, 0.25) is 5.90 Å². The summed E-state index contributed by atoms with van der Waals surface area (Å²) in [4.78, 5) is 18.9. The summed E-state index contributed by atoms with van der Waals surface area (Å²) in [7, 11) is 0. The molecule has 5 rings (SSSR count). The minimum Gasteiger partial charge on any atom is -0.494 e. The predicted molar refractivity (Wildman–Crippen MR) is 145 cm³/mol. The standard InChI is InChI=1S/C29H30BrN3O4/c30-23-11-7-21(8-12-23)26-29(19-20-5-2-1-3-6-20,28(35)33-32-24-13-14-24)31-27(37-26)22-9-15-25(16-10-22)36-18-4-17-34/h1-3,5-12,15-16,24,26,32,34H,4,13-14,17-19H2,(H,33,35)/t26-,29-/m0/s1. The van der Waals surface area contributed by atoms with Crippen LogP contribution in [0.3, 0.4) is 0 Å². The molecule has 0 radical (unpaired) electrons. The van der Waals surface area contributed by atoms with Gasteiger partial charge in [0.15, 0.2) is 11.6 Å². The highest BCUT2D eigenvalue weighted by Gasteiger charge is 2.53. The van der Waals surface area contributed by atoms with Crippen LogP contribution in [0.1, 0.15) is 42.1 Å². The number of aliphatic imine (C=N–C) groups is 1. The van der Waals surface area contributed by atoms with Crippen molar-refractivity contribution >= 4 is 27.7 Å². The van der Waals surface area contributed by atoms with Crippen molar-refractivity contribution < 1.29 is 19.4 Å². The topological polar surface area (TPSA) is 92.2 Å². The molecule has 3 aromatic rings. The Balaban J connectivity index is 1.52. The van der Waals surface area contributed by atoms with Crippen molar-refractivity contribution in [2.75, 3.05) is 13.2 Å². The molecular formula is C29H30BrN3O4. The molecule has 0 unspecified atom stereocenters. The van der Waals surface area contributed by atoms with Gasteiger partial charge in [0.05, 0.1) is 6.61 Å². The number of aliphatic hydroxyl groups is 1. The highest BCUT2D eigenvalue weighted by molar-refractivity contribution is 9.10. The second-order valence-corrected chi connectivity index (χ2v) is 10.3. The van der Waals surface area contributed by atoms with Gasteiger partial charge in [-0.25, -0.2) is 10.4 Å². The summed E-state index contributed by atoms with van der Waals surface area (Å²) in [6, 6.07) is 25.5. The summed E-state index contributed by atoms with van der Waals surface area (Å²) in [5.41, 5.74) is 7.48. The molecular weight excluding hydrogens is 534 g/mol. The number of rotatable bonds is 11. The number of carbonyl (C=O) groups is 1. The predicted octanol–water partition coefficient (Wildman–Crippen LogP) is 4.49. The molecule has 7 nitrogen and oxygen atoms in total. The maximum atomic E-state index is 13.9. The van der Waals surface area contributed by atoms with Crippen LogP contribution in [0.5, 0.6) is 5.75 Å². The van der Waals surface area contributed by atoms with Gasteiger partial charge >= 0.3 is 0 Å². The van der Waals surface area contributed by atoms with Crippen LogP contribution in [0.4, 0.5) is 0 Å². The number of hydrogen-bond acceptors (Lipinski definition) is 6. The van der Waals surface area contributed by atoms with E-state index in [1.54, 1.807) is 0 Å². The van der Waals surface area contributed by atoms with Crippen LogP contribution in [0.15, 0.2) is 88.3 Å². The van der Waals surface area contributed by atoms with E-state index in [2.05, 4.69) is 26.8 Å². The number of aliphatic hydroxyl groups excluding tert-OH is 1. The van der Waals surface area contributed by atoms with E-state index < -0.39 is 11.6 Å². The van der Waals surface area contributed by atoms with Crippen LogP contribution in [-0.4, -0.2) is 41.7 Å². The Bertz CT molecular complexity index is 1230. The highest BCUT2D eigenvalue weighted by Crippen LogP contribution is 2.42. The van der Waals surface area contributed by atoms with Gasteiger partial charge in [0.1, 0.15) is 5.75 Å². The minimum atomic E-state index is -1.22. The lowest BCUT2D eigenvalue weighted by Crippen LogP contribution is -2.54. The van der Waals surface area contributed by atoms with Crippen LogP contribution < -0.4 is 15.6 Å². The quantitative estimate of drug-likeness (QED) is 0.236. The molecule has 3 N–H and O–H groups in total. The Labute approximate surface area is 225 Å². The molecule has 37 heavy (non-hydrogen) atoms. The van der Waals surface area contributed by atoms with E-state index in [0.29, 0.717) is 37.1 Å². The summed E-state index contributed by atoms with van der Waals surface area (Å²) in [6.45, 7) is 0.522. The molecule has 2 atom stereocenters. The second-order valence-electron chi connectivity index (χ2n) is 9.38. The van der Waals surface area contributed by atoms with E-state index in [0.717, 1.165) is 34.0 Å². The lowest BCUT2D eigenvalue weighted by Gasteiger charge is -2.31. The number of benzene rings is 3. The number of carbonyl (C=O) groups excluding carboxylic acids is 1. The van der Waals surface area contributed by atoms with Crippen LogP contribution in [-0.2, 0) is 16.0 Å². The molecule has 1 heterocycles. The molecule has 0 aromatic heterocycles. The van der Waals surface area contributed by atoms with Crippen LogP contribution in [0.2, 0.25) is 0 Å². The molecule has 1 amide bonds. The van der Waals surface area contributed by atoms with Crippen molar-refractivity contribution in [2.24, 2.45) is 4.99 Å². The van der Waals surface area contributed by atoms with Crippen LogP contribution in [0, 0.1) is 0 Å². The van der Waals surface area contributed by atoms with Gasteiger partial charge in [-0.2, -0.15) is 0 Å². The van der Waals surface area contributed by atoms with Crippen molar-refractivity contribution in [1.29, 1.82) is 0 Å². The third-order valence-electron chi connectivity index (χ3n) is 6.49. The van der Waals surface area contributed by atoms with E-state index in [9.17, 15) is 4.79 Å². The molecule has 2 aliphatic rings. The van der Waals surface area contributed by atoms with E-state index in [1.807, 2.05) is 78.9 Å². The zero-order valence-corrected chi connectivity index (χ0v) is 22.0.